The molecule has 10 rings (SSSR count). The number of rotatable bonds is 29. The van der Waals surface area contributed by atoms with Gasteiger partial charge in [-0.15, -0.1) is 11.3 Å². The zero-order valence-corrected chi connectivity index (χ0v) is 47.3. The molecular weight excluding hydrogens is 1030 g/mol. The Morgan fingerprint density at radius 3 is 2.25 bits per heavy atom. The minimum absolute atomic E-state index is 0.179. The zero-order valence-electron chi connectivity index (χ0n) is 46.5. The summed E-state index contributed by atoms with van der Waals surface area (Å²) in [7, 11) is 0. The molecule has 3 aliphatic rings. The number of halogens is 2. The van der Waals surface area contributed by atoms with E-state index in [0.717, 1.165) is 135 Å². The zero-order chi connectivity index (χ0) is 55.3. The number of aryl methyl sites for hydroxylation is 3. The molecule has 3 atom stereocenters. The SMILES string of the molecule is CCC1(COCCCCCCOc2ccc(C(=O)Oc3c(/C=N/N=C(\C)c4cc5ccccc5s4)cc(CCc4ccc(-c5ccc(OCCCCCOCC6CCC7OC7C6)cc5)c(F)c4F)c4ccccc34)cc2C)COC1. The molecule has 3 heterocycles. The van der Waals surface area contributed by atoms with E-state index in [1.807, 2.05) is 62.4 Å². The molecule has 0 radical (unpaired) electrons. The van der Waals surface area contributed by atoms with Gasteiger partial charge in [0.05, 0.1) is 67.6 Å². The minimum atomic E-state index is -0.901. The summed E-state index contributed by atoms with van der Waals surface area (Å²) in [5, 5.41) is 11.7. The third-order valence-corrected chi connectivity index (χ3v) is 17.2. The monoisotopic (exact) mass is 1100 g/mol. The highest BCUT2D eigenvalue weighted by atomic mass is 32.1. The maximum Gasteiger partial charge on any atom is 0.343 e. The van der Waals surface area contributed by atoms with Crippen molar-refractivity contribution in [3.8, 4) is 28.4 Å². The second-order valence-corrected chi connectivity index (χ2v) is 23.0. The van der Waals surface area contributed by atoms with Crippen molar-refractivity contribution in [2.24, 2.45) is 21.5 Å². The Bertz CT molecular complexity index is 3240. The predicted molar refractivity (Wildman–Crippen MR) is 315 cm³/mol. The molecule has 420 valence electrons. The number of fused-ring (bicyclic) bond motifs is 3. The van der Waals surface area contributed by atoms with Gasteiger partial charge in [0.1, 0.15) is 17.2 Å². The third-order valence-electron chi connectivity index (χ3n) is 16.0. The van der Waals surface area contributed by atoms with Crippen molar-refractivity contribution in [1.29, 1.82) is 0 Å². The Hall–Kier alpha value is -6.35. The highest BCUT2D eigenvalue weighted by molar-refractivity contribution is 7.20. The lowest BCUT2D eigenvalue weighted by Gasteiger charge is -2.40. The van der Waals surface area contributed by atoms with E-state index >= 15 is 8.78 Å². The van der Waals surface area contributed by atoms with E-state index in [1.165, 1.54) is 12.8 Å². The van der Waals surface area contributed by atoms with Gasteiger partial charge >= 0.3 is 5.97 Å². The van der Waals surface area contributed by atoms with Gasteiger partial charge in [0.2, 0.25) is 0 Å². The number of carbonyl (C=O) groups is 1. The van der Waals surface area contributed by atoms with E-state index in [1.54, 1.807) is 66.1 Å². The number of thiophene rings is 1. The standard InChI is InChI=1S/C67H74F2N2O8S/c1-4-67(43-75-44-67)42-74-33-12-5-6-14-35-77-58-31-26-52(36-45(58)2)66(72)79-65-53(40-70-71-46(3)62-39-51-16-8-11-19-61(51)80-62)38-50(55-17-9-10-18-57(55)65)22-21-49-25-29-56(64(69)63(49)68)48-23-27-54(28-24-48)76-34-15-7-13-32-73-41-47-20-30-59-60(37-47)78-59/h8-11,16-19,23-29,31,36,38-40,47,59-60H,4-7,12-15,20-22,30,32-35,37,41-44H2,1-3H3/b70-40+,71-46+. The first-order valence-corrected chi connectivity index (χ1v) is 29.6. The molecule has 3 unspecified atom stereocenters. The molecule has 10 nitrogen and oxygen atoms in total. The van der Waals surface area contributed by atoms with Crippen molar-refractivity contribution >= 4 is 50.1 Å². The van der Waals surface area contributed by atoms with Crippen molar-refractivity contribution in [2.75, 3.05) is 52.9 Å². The van der Waals surface area contributed by atoms with E-state index in [-0.39, 0.29) is 23.0 Å². The quantitative estimate of drug-likeness (QED) is 0.0114. The van der Waals surface area contributed by atoms with Crippen LogP contribution in [0.25, 0.3) is 32.0 Å². The molecule has 6 aromatic carbocycles. The average molecular weight is 1110 g/mol. The molecule has 1 saturated carbocycles. The average Bonchev–Trinajstić information content (AvgIpc) is 4.14. The highest BCUT2D eigenvalue weighted by Gasteiger charge is 2.43. The topological polar surface area (TPSA) is 110 Å². The Labute approximate surface area is 473 Å². The van der Waals surface area contributed by atoms with Crippen LogP contribution in [0.3, 0.4) is 0 Å². The number of nitrogens with zero attached hydrogens (tertiary/aromatic N) is 2. The Morgan fingerprint density at radius 2 is 1.49 bits per heavy atom. The third kappa shape index (κ3) is 14.6. The number of epoxide rings is 1. The summed E-state index contributed by atoms with van der Waals surface area (Å²) in [6.07, 6.45) is 14.7. The molecular formula is C67H74F2N2O8S. The molecule has 7 aromatic rings. The van der Waals surface area contributed by atoms with Gasteiger partial charge in [0, 0.05) is 46.4 Å². The normalized spacial score (nSPS) is 17.7. The van der Waals surface area contributed by atoms with Crippen LogP contribution in [-0.4, -0.2) is 83.0 Å². The van der Waals surface area contributed by atoms with Gasteiger partial charge in [-0.1, -0.05) is 80.1 Å². The van der Waals surface area contributed by atoms with Crippen LogP contribution in [0.4, 0.5) is 8.78 Å². The summed E-state index contributed by atoms with van der Waals surface area (Å²) in [5.41, 5.74) is 4.48. The number of benzene rings is 6. The van der Waals surface area contributed by atoms with Crippen LogP contribution in [0, 0.1) is 29.9 Å². The molecule has 0 N–H and O–H groups in total. The van der Waals surface area contributed by atoms with Crippen LogP contribution in [0.5, 0.6) is 17.2 Å². The van der Waals surface area contributed by atoms with Crippen molar-refractivity contribution in [3.63, 3.8) is 0 Å². The molecule has 3 fully saturated rings. The maximum atomic E-state index is 16.1. The fraction of sp³-hybridized carbons (Fsp3) is 0.418. The Kier molecular flexibility index (Phi) is 19.5. The summed E-state index contributed by atoms with van der Waals surface area (Å²) in [6, 6.07) is 35.6. The molecule has 0 spiro atoms. The van der Waals surface area contributed by atoms with Gasteiger partial charge in [-0.05, 0) is 178 Å². The first kappa shape index (κ1) is 56.9. The number of hydrogen-bond donors (Lipinski definition) is 0. The largest absolute Gasteiger partial charge is 0.494 e. The summed E-state index contributed by atoms with van der Waals surface area (Å²) in [5.74, 6) is 0.00420. The van der Waals surface area contributed by atoms with E-state index in [9.17, 15) is 4.79 Å². The molecule has 1 aromatic heterocycles. The first-order valence-electron chi connectivity index (χ1n) is 28.8. The number of ether oxygens (including phenoxy) is 7. The smallest absolute Gasteiger partial charge is 0.343 e. The fourth-order valence-corrected chi connectivity index (χ4v) is 11.8. The van der Waals surface area contributed by atoms with Crippen molar-refractivity contribution in [2.45, 2.75) is 116 Å². The second-order valence-electron chi connectivity index (χ2n) is 21.9. The van der Waals surface area contributed by atoms with Gasteiger partial charge in [-0.3, -0.25) is 0 Å². The second kappa shape index (κ2) is 27.4. The maximum absolute atomic E-state index is 16.1. The Balaban J connectivity index is 0.774. The van der Waals surface area contributed by atoms with Crippen LogP contribution in [0.2, 0.25) is 0 Å². The van der Waals surface area contributed by atoms with Crippen molar-refractivity contribution in [1.82, 2.24) is 0 Å². The van der Waals surface area contributed by atoms with E-state index in [2.05, 4.69) is 35.3 Å². The van der Waals surface area contributed by atoms with Gasteiger partial charge in [-0.25, -0.2) is 13.6 Å². The fourth-order valence-electron chi connectivity index (χ4n) is 10.8. The number of esters is 1. The lowest BCUT2D eigenvalue weighted by molar-refractivity contribution is -0.150. The Morgan fingerprint density at radius 1 is 0.750 bits per heavy atom. The van der Waals surface area contributed by atoms with Gasteiger partial charge in [0.25, 0.3) is 0 Å². The number of unbranched alkanes of at least 4 members (excludes halogenated alkanes) is 5. The van der Waals surface area contributed by atoms with Crippen molar-refractivity contribution in [3.05, 3.63) is 160 Å². The lowest BCUT2D eigenvalue weighted by atomic mass is 9.84. The predicted octanol–water partition coefficient (Wildman–Crippen LogP) is 15.7. The molecule has 13 heteroatoms. The molecule has 1 aliphatic carbocycles. The molecule has 2 saturated heterocycles. The first-order chi connectivity index (χ1) is 39.1. The summed E-state index contributed by atoms with van der Waals surface area (Å²) in [6.45, 7) is 11.9. The van der Waals surface area contributed by atoms with E-state index in [0.29, 0.717) is 77.1 Å². The van der Waals surface area contributed by atoms with Crippen molar-refractivity contribution < 1.29 is 46.7 Å². The van der Waals surface area contributed by atoms with Gasteiger partial charge in [0.15, 0.2) is 11.6 Å². The highest BCUT2D eigenvalue weighted by Crippen LogP contribution is 2.40. The van der Waals surface area contributed by atoms with Crippen LogP contribution in [0.15, 0.2) is 125 Å². The van der Waals surface area contributed by atoms with Crippen LogP contribution in [0.1, 0.15) is 122 Å². The molecule has 2 aliphatic heterocycles. The summed E-state index contributed by atoms with van der Waals surface area (Å²) in [4.78, 5) is 15.1. The number of hydrogen-bond acceptors (Lipinski definition) is 11. The lowest BCUT2D eigenvalue weighted by Crippen LogP contribution is -2.45. The van der Waals surface area contributed by atoms with E-state index < -0.39 is 17.6 Å². The van der Waals surface area contributed by atoms with Crippen LogP contribution in [-0.2, 0) is 31.8 Å². The van der Waals surface area contributed by atoms with Gasteiger partial charge in [-0.2, -0.15) is 10.2 Å². The molecule has 80 heavy (non-hydrogen) atoms. The van der Waals surface area contributed by atoms with Gasteiger partial charge < -0.3 is 33.2 Å². The van der Waals surface area contributed by atoms with Crippen LogP contribution >= 0.6 is 11.3 Å². The molecule has 0 bridgehead atoms. The summed E-state index contributed by atoms with van der Waals surface area (Å²) < 4.78 is 74.7. The van der Waals surface area contributed by atoms with E-state index in [4.69, 9.17) is 33.2 Å². The molecule has 0 amide bonds. The number of carbonyl (C=O) groups excluding carboxylic acids is 1. The minimum Gasteiger partial charge on any atom is -0.494 e. The summed E-state index contributed by atoms with van der Waals surface area (Å²) >= 11 is 1.64. The van der Waals surface area contributed by atoms with Crippen LogP contribution < -0.4 is 14.2 Å².